The number of thioether (sulfide) groups is 2. The number of amides is 4. The molecule has 0 unspecified atom stereocenters. The van der Waals surface area contributed by atoms with Gasteiger partial charge in [0.25, 0.3) is 11.8 Å². The summed E-state index contributed by atoms with van der Waals surface area (Å²) in [6.45, 7) is 11.1. The molecule has 15 nitrogen and oxygen atoms in total. The number of nitrogens with one attached hydrogen (secondary N) is 2. The third-order valence-corrected chi connectivity index (χ3v) is 13.6. The maximum Gasteiger partial charge on any atom is 0.327 e. The average molecular weight is 816 g/mol. The number of rotatable bonds is 9. The van der Waals surface area contributed by atoms with E-state index in [1.54, 1.807) is 40.7 Å². The van der Waals surface area contributed by atoms with Gasteiger partial charge in [-0.1, -0.05) is 65.8 Å². The van der Waals surface area contributed by atoms with Gasteiger partial charge in [0.1, 0.15) is 57.7 Å². The Labute approximate surface area is 335 Å². The standard InChI is InChI=1S/C21H22N2O5S.C19H19N3O5S/c1-4-28-13-10-9-11-7-5-6-8-12(11)14(13)17(24)22-15-18(25)23-16(20(26)27)21(2,3)29-19(15)23;1-9-11(12(21-27-9)10-7-5-4-6-8-10)15(23)20-13-16(24)22-14(18(25)26)19(2,3)28-17(13)22/h5-10,15-16,19H,4H2,1-3H3,(H,22,24)(H,26,27);4-8,13-14,17H,1-3H3,(H,20,23)(H,25,26)/t15-,16+,19-;13-,14+,17-/m11/s1. The van der Waals surface area contributed by atoms with Gasteiger partial charge in [0.05, 0.1) is 12.2 Å². The number of aromatic nitrogens is 1. The maximum atomic E-state index is 13.2. The van der Waals surface area contributed by atoms with Crippen LogP contribution in [-0.2, 0) is 19.2 Å². The highest BCUT2D eigenvalue weighted by molar-refractivity contribution is 8.02. The van der Waals surface area contributed by atoms with E-state index in [2.05, 4.69) is 15.8 Å². The average Bonchev–Trinajstić information content (AvgIpc) is 3.77. The zero-order valence-electron chi connectivity index (χ0n) is 31.8. The number of carboxylic acid groups (broad SMARTS) is 2. The van der Waals surface area contributed by atoms with Crippen molar-refractivity contribution in [3.8, 4) is 17.0 Å². The first-order valence-corrected chi connectivity index (χ1v) is 20.0. The Morgan fingerprint density at radius 1 is 0.772 bits per heavy atom. The van der Waals surface area contributed by atoms with Crippen LogP contribution in [-0.4, -0.2) is 112 Å². The fourth-order valence-corrected chi connectivity index (χ4v) is 11.2. The van der Waals surface area contributed by atoms with Crippen molar-refractivity contribution in [3.05, 3.63) is 83.6 Å². The van der Waals surface area contributed by atoms with Gasteiger partial charge in [0, 0.05) is 15.1 Å². The van der Waals surface area contributed by atoms with Crippen LogP contribution in [0.4, 0.5) is 0 Å². The summed E-state index contributed by atoms with van der Waals surface area (Å²) in [5.41, 5.74) is 1.79. The second kappa shape index (κ2) is 14.8. The quantitative estimate of drug-likeness (QED) is 0.173. The van der Waals surface area contributed by atoms with E-state index in [1.165, 1.54) is 33.3 Å². The molecule has 57 heavy (non-hydrogen) atoms. The number of hydrogen-bond donors (Lipinski definition) is 4. The lowest BCUT2D eigenvalue weighted by Crippen LogP contribution is -2.70. The molecule has 0 radical (unpaired) electrons. The topological polar surface area (TPSA) is 209 Å². The van der Waals surface area contributed by atoms with E-state index in [-0.39, 0.29) is 17.4 Å². The lowest BCUT2D eigenvalue weighted by molar-refractivity contribution is -0.159. The Bertz CT molecular complexity index is 2310. The third-order valence-electron chi connectivity index (χ3n) is 10.5. The predicted octanol–water partition coefficient (Wildman–Crippen LogP) is 4.38. The van der Waals surface area contributed by atoms with E-state index in [0.29, 0.717) is 29.4 Å². The van der Waals surface area contributed by atoms with Gasteiger partial charge in [0.15, 0.2) is 0 Å². The molecular weight excluding hydrogens is 775 g/mol. The molecule has 5 heterocycles. The number of ether oxygens (including phenoxy) is 1. The van der Waals surface area contributed by atoms with Crippen molar-refractivity contribution in [2.45, 2.75) is 86.0 Å². The predicted molar refractivity (Wildman–Crippen MR) is 212 cm³/mol. The van der Waals surface area contributed by atoms with Gasteiger partial charge < -0.3 is 39.9 Å². The number of carbonyl (C=O) groups is 6. The summed E-state index contributed by atoms with van der Waals surface area (Å²) in [7, 11) is 0. The minimum absolute atomic E-state index is 0.273. The van der Waals surface area contributed by atoms with Gasteiger partial charge in [-0.3, -0.25) is 19.2 Å². The maximum absolute atomic E-state index is 13.2. The second-order valence-corrected chi connectivity index (χ2v) is 18.6. The van der Waals surface area contributed by atoms with Crippen LogP contribution in [0.3, 0.4) is 0 Å². The van der Waals surface area contributed by atoms with Crippen molar-refractivity contribution in [3.63, 3.8) is 0 Å². The monoisotopic (exact) mass is 815 g/mol. The first-order chi connectivity index (χ1) is 27.0. The number of fused-ring (bicyclic) bond motifs is 3. The molecule has 0 aliphatic carbocycles. The third kappa shape index (κ3) is 6.75. The molecule has 1 aromatic heterocycles. The van der Waals surface area contributed by atoms with Crippen LogP contribution in [0.2, 0.25) is 0 Å². The molecule has 4 N–H and O–H groups in total. The van der Waals surface area contributed by atoms with Crippen molar-refractivity contribution in [1.29, 1.82) is 0 Å². The van der Waals surface area contributed by atoms with Crippen LogP contribution in [0.1, 0.15) is 61.1 Å². The minimum Gasteiger partial charge on any atom is -0.493 e. The number of β-lactam (4-membered cyclic amide) rings is 2. The van der Waals surface area contributed by atoms with E-state index < -0.39 is 68.2 Å². The number of benzene rings is 3. The van der Waals surface area contributed by atoms with Gasteiger partial charge >= 0.3 is 11.9 Å². The van der Waals surface area contributed by atoms with Crippen molar-refractivity contribution < 1.29 is 48.2 Å². The highest BCUT2D eigenvalue weighted by Gasteiger charge is 2.65. The first-order valence-electron chi connectivity index (χ1n) is 18.2. The zero-order chi connectivity index (χ0) is 41.1. The molecule has 0 bridgehead atoms. The first kappa shape index (κ1) is 39.7. The summed E-state index contributed by atoms with van der Waals surface area (Å²) < 4.78 is 9.58. The number of aryl methyl sites for hydroxylation is 1. The fraction of sp³-hybridized carbons (Fsp3) is 0.375. The van der Waals surface area contributed by atoms with Crippen molar-refractivity contribution in [1.82, 2.24) is 25.6 Å². The smallest absolute Gasteiger partial charge is 0.327 e. The summed E-state index contributed by atoms with van der Waals surface area (Å²) in [6.07, 6.45) is 0. The molecule has 4 aliphatic rings. The molecular formula is C40H41N5O10S2. The SMILES string of the molecule is CCOc1ccc2ccccc2c1C(=O)N[C@@H]1C(=O)N2[C@@H]1SC(C)(C)[C@@H]2C(=O)O.Cc1onc(-c2ccccc2)c1C(=O)N[C@@H]1C(=O)N2[C@@H]1SC(C)(C)[C@@H]2C(=O)O. The van der Waals surface area contributed by atoms with E-state index in [4.69, 9.17) is 9.26 Å². The number of nitrogens with zero attached hydrogens (tertiary/aromatic N) is 3. The molecule has 6 atom stereocenters. The van der Waals surface area contributed by atoms with Gasteiger partial charge in [-0.25, -0.2) is 9.59 Å². The Balaban J connectivity index is 0.000000174. The second-order valence-electron chi connectivity index (χ2n) is 15.0. The molecule has 298 valence electrons. The van der Waals surface area contributed by atoms with Crippen LogP contribution in [0.25, 0.3) is 22.0 Å². The number of carbonyl (C=O) groups excluding carboxylic acids is 4. The van der Waals surface area contributed by atoms with Gasteiger partial charge in [-0.15, -0.1) is 23.5 Å². The summed E-state index contributed by atoms with van der Waals surface area (Å²) in [6, 6.07) is 16.9. The summed E-state index contributed by atoms with van der Waals surface area (Å²) in [4.78, 5) is 77.3. The molecule has 3 aromatic carbocycles. The molecule has 4 aliphatic heterocycles. The van der Waals surface area contributed by atoms with Crippen LogP contribution in [0.15, 0.2) is 71.3 Å². The van der Waals surface area contributed by atoms with E-state index in [1.807, 2.05) is 67.6 Å². The Morgan fingerprint density at radius 2 is 1.28 bits per heavy atom. The molecule has 8 rings (SSSR count). The normalized spacial score (nSPS) is 24.9. The van der Waals surface area contributed by atoms with Crippen LogP contribution < -0.4 is 15.4 Å². The van der Waals surface area contributed by atoms with E-state index in [0.717, 1.165) is 16.3 Å². The van der Waals surface area contributed by atoms with Crippen molar-refractivity contribution >= 4 is 69.9 Å². The molecule has 4 aromatic rings. The van der Waals surface area contributed by atoms with Gasteiger partial charge in [-0.05, 0) is 58.4 Å². The van der Waals surface area contributed by atoms with E-state index in [9.17, 15) is 39.0 Å². The Hall–Kier alpha value is -5.55. The number of carboxylic acids is 2. The lowest BCUT2D eigenvalue weighted by Gasteiger charge is -2.43. The largest absolute Gasteiger partial charge is 0.493 e. The van der Waals surface area contributed by atoms with Crippen molar-refractivity contribution in [2.75, 3.05) is 6.61 Å². The van der Waals surface area contributed by atoms with Gasteiger partial charge in [-0.2, -0.15) is 0 Å². The summed E-state index contributed by atoms with van der Waals surface area (Å²) >= 11 is 2.78. The fourth-order valence-electron chi connectivity index (χ4n) is 7.91. The van der Waals surface area contributed by atoms with Gasteiger partial charge in [0.2, 0.25) is 11.8 Å². The van der Waals surface area contributed by atoms with Crippen molar-refractivity contribution in [2.24, 2.45) is 0 Å². The molecule has 4 fully saturated rings. The zero-order valence-corrected chi connectivity index (χ0v) is 33.5. The Morgan fingerprint density at radius 3 is 1.81 bits per heavy atom. The Kier molecular flexibility index (Phi) is 10.3. The van der Waals surface area contributed by atoms with Crippen LogP contribution >= 0.6 is 23.5 Å². The van der Waals surface area contributed by atoms with Crippen LogP contribution in [0, 0.1) is 6.92 Å². The summed E-state index contributed by atoms with van der Waals surface area (Å²) in [5.74, 6) is -2.90. The number of aliphatic carboxylic acids is 2. The molecule has 4 saturated heterocycles. The molecule has 0 spiro atoms. The molecule has 4 amide bonds. The van der Waals surface area contributed by atoms with Crippen LogP contribution in [0.5, 0.6) is 5.75 Å². The molecule has 17 heteroatoms. The minimum atomic E-state index is -1.04. The highest BCUT2D eigenvalue weighted by Crippen LogP contribution is 2.52. The molecule has 0 saturated carbocycles. The lowest BCUT2D eigenvalue weighted by atomic mass is 9.95. The van der Waals surface area contributed by atoms with E-state index >= 15 is 0 Å². The highest BCUT2D eigenvalue weighted by atomic mass is 32.2. The summed E-state index contributed by atoms with van der Waals surface area (Å²) in [5, 5.41) is 29.4. The number of hydrogen-bond acceptors (Lipinski definition) is 11.